The molecule has 2 heterocycles. The number of hydrogen-bond acceptors (Lipinski definition) is 6. The van der Waals surface area contributed by atoms with E-state index >= 15 is 0 Å². The lowest BCUT2D eigenvalue weighted by atomic mass is 10.2. The summed E-state index contributed by atoms with van der Waals surface area (Å²) < 4.78 is 0. The molecule has 1 atom stereocenters. The van der Waals surface area contributed by atoms with Crippen molar-refractivity contribution < 1.29 is 4.79 Å². The molecule has 1 aromatic rings. The molecule has 7 heteroatoms. The van der Waals surface area contributed by atoms with Crippen molar-refractivity contribution >= 4 is 11.7 Å². The molecule has 1 fully saturated rings. The molecule has 0 bridgehead atoms. The third kappa shape index (κ3) is 4.39. The summed E-state index contributed by atoms with van der Waals surface area (Å²) in [7, 11) is 9.67. The van der Waals surface area contributed by atoms with Gasteiger partial charge < -0.3 is 20.0 Å². The van der Waals surface area contributed by atoms with Crippen LogP contribution < -0.4 is 10.2 Å². The second kappa shape index (κ2) is 7.70. The van der Waals surface area contributed by atoms with Crippen LogP contribution in [0.2, 0.25) is 0 Å². The molecule has 128 valence electrons. The highest BCUT2D eigenvalue weighted by Gasteiger charge is 2.32. The van der Waals surface area contributed by atoms with Crippen molar-refractivity contribution in [3.63, 3.8) is 0 Å². The van der Waals surface area contributed by atoms with Gasteiger partial charge in [0.05, 0.1) is 18.3 Å². The molecule has 0 radical (unpaired) electrons. The number of carbonyl (C=O) groups excluding carboxylic acids is 1. The van der Waals surface area contributed by atoms with Gasteiger partial charge in [-0.05, 0) is 34.0 Å². The van der Waals surface area contributed by atoms with Crippen molar-refractivity contribution in [3.8, 4) is 0 Å². The maximum Gasteiger partial charge on any atom is 0.237 e. The first-order valence-electron chi connectivity index (χ1n) is 8.06. The van der Waals surface area contributed by atoms with Crippen LogP contribution in [0.4, 0.5) is 5.82 Å². The number of nitrogens with zero attached hydrogens (tertiary/aromatic N) is 5. The third-order valence-corrected chi connectivity index (χ3v) is 3.92. The number of hydrogen-bond donors (Lipinski definition) is 1. The van der Waals surface area contributed by atoms with Crippen LogP contribution in [0.1, 0.15) is 30.4 Å². The molecule has 0 aliphatic carbocycles. The highest BCUT2D eigenvalue weighted by molar-refractivity contribution is 5.79. The third-order valence-electron chi connectivity index (χ3n) is 3.92. The van der Waals surface area contributed by atoms with Gasteiger partial charge in [-0.3, -0.25) is 4.79 Å². The van der Waals surface area contributed by atoms with E-state index in [1.54, 1.807) is 0 Å². The van der Waals surface area contributed by atoms with Crippen molar-refractivity contribution in [3.05, 3.63) is 17.6 Å². The Bertz CT molecular complexity index is 545. The Balaban J connectivity index is 2.29. The number of likely N-dealkylation sites (N-methyl/N-ethyl adjacent to an activating group) is 1. The van der Waals surface area contributed by atoms with E-state index in [0.29, 0.717) is 13.1 Å². The lowest BCUT2D eigenvalue weighted by Crippen LogP contribution is -2.38. The Hall–Kier alpha value is -1.73. The zero-order valence-electron chi connectivity index (χ0n) is 14.8. The number of amides is 1. The Morgan fingerprint density at radius 1 is 1.35 bits per heavy atom. The SMILES string of the molecule is CNCc1cc(N(C)C)nc([C@@H]2CCCN2C(=O)CN(C)C)n1. The Labute approximate surface area is 138 Å². The quantitative estimate of drug-likeness (QED) is 0.823. The van der Waals surface area contributed by atoms with Crippen LogP contribution in [0.3, 0.4) is 0 Å². The van der Waals surface area contributed by atoms with Crippen LogP contribution in [-0.2, 0) is 11.3 Å². The fourth-order valence-electron chi connectivity index (χ4n) is 2.85. The number of carbonyl (C=O) groups is 1. The minimum Gasteiger partial charge on any atom is -0.363 e. The first-order chi connectivity index (χ1) is 10.9. The molecule has 1 N–H and O–H groups in total. The number of rotatable bonds is 6. The lowest BCUT2D eigenvalue weighted by molar-refractivity contribution is -0.132. The minimum atomic E-state index is -0.0158. The smallest absolute Gasteiger partial charge is 0.237 e. The van der Waals surface area contributed by atoms with Gasteiger partial charge in [-0.2, -0.15) is 0 Å². The van der Waals surface area contributed by atoms with E-state index in [0.717, 1.165) is 36.7 Å². The summed E-state index contributed by atoms with van der Waals surface area (Å²) in [6, 6.07) is 1.97. The molecular weight excluding hydrogens is 292 g/mol. The summed E-state index contributed by atoms with van der Waals surface area (Å²) >= 11 is 0. The van der Waals surface area contributed by atoms with E-state index in [4.69, 9.17) is 4.98 Å². The molecule has 0 saturated carbocycles. The number of nitrogens with one attached hydrogen (secondary N) is 1. The molecule has 1 saturated heterocycles. The molecule has 1 aliphatic heterocycles. The van der Waals surface area contributed by atoms with Crippen molar-refractivity contribution in [2.45, 2.75) is 25.4 Å². The van der Waals surface area contributed by atoms with Gasteiger partial charge in [-0.25, -0.2) is 9.97 Å². The lowest BCUT2D eigenvalue weighted by Gasteiger charge is -2.26. The number of likely N-dealkylation sites (tertiary alicyclic amines) is 1. The van der Waals surface area contributed by atoms with Gasteiger partial charge in [-0.1, -0.05) is 0 Å². The van der Waals surface area contributed by atoms with Gasteiger partial charge in [0, 0.05) is 33.3 Å². The van der Waals surface area contributed by atoms with Crippen LogP contribution in [0.15, 0.2) is 6.07 Å². The zero-order valence-corrected chi connectivity index (χ0v) is 14.8. The summed E-state index contributed by atoms with van der Waals surface area (Å²) in [5.74, 6) is 1.78. The zero-order chi connectivity index (χ0) is 17.0. The standard InChI is InChI=1S/C16H28N6O/c1-17-10-12-9-14(21(4)5)19-16(18-12)13-7-6-8-22(13)15(23)11-20(2)3/h9,13,17H,6-8,10-11H2,1-5H3/t13-/m0/s1. The van der Waals surface area contributed by atoms with E-state index in [1.807, 2.05) is 56.0 Å². The first kappa shape index (κ1) is 17.6. The molecule has 1 aliphatic rings. The van der Waals surface area contributed by atoms with Gasteiger partial charge in [0.2, 0.25) is 5.91 Å². The Morgan fingerprint density at radius 2 is 2.09 bits per heavy atom. The summed E-state index contributed by atoms with van der Waals surface area (Å²) in [6.45, 7) is 1.90. The molecule has 2 rings (SSSR count). The van der Waals surface area contributed by atoms with Crippen LogP contribution in [0, 0.1) is 0 Å². The first-order valence-corrected chi connectivity index (χ1v) is 8.06. The largest absolute Gasteiger partial charge is 0.363 e. The van der Waals surface area contributed by atoms with Gasteiger partial charge in [0.25, 0.3) is 0 Å². The van der Waals surface area contributed by atoms with Gasteiger partial charge in [0.15, 0.2) is 5.82 Å². The fraction of sp³-hybridized carbons (Fsp3) is 0.688. The predicted molar refractivity (Wildman–Crippen MR) is 91.4 cm³/mol. The van der Waals surface area contributed by atoms with Gasteiger partial charge in [-0.15, -0.1) is 0 Å². The average Bonchev–Trinajstić information content (AvgIpc) is 2.96. The second-order valence-electron chi connectivity index (χ2n) is 6.48. The maximum absolute atomic E-state index is 12.5. The molecular formula is C16H28N6O. The number of aromatic nitrogens is 2. The normalized spacial score (nSPS) is 17.8. The highest BCUT2D eigenvalue weighted by Crippen LogP contribution is 2.31. The summed E-state index contributed by atoms with van der Waals surface area (Å²) in [4.78, 5) is 27.7. The predicted octanol–water partition coefficient (Wildman–Crippen LogP) is 0.487. The fourth-order valence-corrected chi connectivity index (χ4v) is 2.85. The van der Waals surface area contributed by atoms with Gasteiger partial charge in [0.1, 0.15) is 5.82 Å². The van der Waals surface area contributed by atoms with E-state index in [9.17, 15) is 4.79 Å². The van der Waals surface area contributed by atoms with E-state index in [2.05, 4.69) is 10.3 Å². The van der Waals surface area contributed by atoms with Crippen LogP contribution in [0.5, 0.6) is 0 Å². The van der Waals surface area contributed by atoms with Crippen LogP contribution in [0.25, 0.3) is 0 Å². The summed E-state index contributed by atoms with van der Waals surface area (Å²) in [6.07, 6.45) is 1.93. The van der Waals surface area contributed by atoms with E-state index < -0.39 is 0 Å². The Morgan fingerprint density at radius 3 is 2.70 bits per heavy atom. The van der Waals surface area contributed by atoms with Crippen molar-refractivity contribution in [2.75, 3.05) is 53.2 Å². The van der Waals surface area contributed by atoms with Crippen LogP contribution >= 0.6 is 0 Å². The number of anilines is 1. The summed E-state index contributed by atoms with van der Waals surface area (Å²) in [5, 5.41) is 3.13. The monoisotopic (exact) mass is 320 g/mol. The molecule has 0 aromatic carbocycles. The highest BCUT2D eigenvalue weighted by atomic mass is 16.2. The molecule has 1 amide bonds. The molecule has 1 aromatic heterocycles. The molecule has 0 spiro atoms. The summed E-state index contributed by atoms with van der Waals surface area (Å²) in [5.41, 5.74) is 0.952. The van der Waals surface area contributed by atoms with E-state index in [1.165, 1.54) is 0 Å². The van der Waals surface area contributed by atoms with Crippen molar-refractivity contribution in [1.29, 1.82) is 0 Å². The van der Waals surface area contributed by atoms with Gasteiger partial charge >= 0.3 is 0 Å². The van der Waals surface area contributed by atoms with Crippen LogP contribution in [-0.4, -0.2) is 74.0 Å². The molecule has 7 nitrogen and oxygen atoms in total. The van der Waals surface area contributed by atoms with E-state index in [-0.39, 0.29) is 11.9 Å². The average molecular weight is 320 g/mol. The minimum absolute atomic E-state index is 0.0158. The Kier molecular flexibility index (Phi) is 5.90. The molecule has 23 heavy (non-hydrogen) atoms. The topological polar surface area (TPSA) is 64.6 Å². The van der Waals surface area contributed by atoms with Crippen molar-refractivity contribution in [2.24, 2.45) is 0 Å². The second-order valence-corrected chi connectivity index (χ2v) is 6.48. The van der Waals surface area contributed by atoms with Crippen molar-refractivity contribution in [1.82, 2.24) is 25.1 Å². The maximum atomic E-state index is 12.5. The molecule has 0 unspecified atom stereocenters.